The summed E-state index contributed by atoms with van der Waals surface area (Å²) in [6.45, 7) is 0. The van der Waals surface area contributed by atoms with Crippen LogP contribution in [0.5, 0.6) is 0 Å². The van der Waals surface area contributed by atoms with Gasteiger partial charge >= 0.3 is 0 Å². The second-order valence-electron chi connectivity index (χ2n) is 3.04. The van der Waals surface area contributed by atoms with Crippen molar-refractivity contribution >= 4 is 32.6 Å². The summed E-state index contributed by atoms with van der Waals surface area (Å²) < 4.78 is 14.1. The second-order valence-corrected chi connectivity index (χ2v) is 3.89. The van der Waals surface area contributed by atoms with Crippen LogP contribution in [0.25, 0.3) is 10.8 Å². The van der Waals surface area contributed by atoms with Crippen LogP contribution in [0.1, 0.15) is 10.4 Å². The van der Waals surface area contributed by atoms with Gasteiger partial charge in [-0.05, 0) is 33.4 Å². The third-order valence-corrected chi connectivity index (χ3v) is 2.70. The van der Waals surface area contributed by atoms with Crippen LogP contribution < -0.4 is 5.73 Å². The second kappa shape index (κ2) is 3.58. The van der Waals surface area contributed by atoms with E-state index in [1.54, 1.807) is 6.20 Å². The molecule has 2 aromatic rings. The number of nitrogens with zero attached hydrogens (tertiary/aromatic N) is 1. The molecule has 76 valence electrons. The number of hydrogen-bond acceptors (Lipinski definition) is 2. The van der Waals surface area contributed by atoms with E-state index in [4.69, 9.17) is 5.73 Å². The molecule has 0 unspecified atom stereocenters. The Kier molecular flexibility index (Phi) is 2.40. The van der Waals surface area contributed by atoms with Gasteiger partial charge in [0.1, 0.15) is 5.82 Å². The number of rotatable bonds is 1. The van der Waals surface area contributed by atoms with Crippen LogP contribution in [0.15, 0.2) is 29.0 Å². The minimum absolute atomic E-state index is 0.116. The summed E-state index contributed by atoms with van der Waals surface area (Å²) in [4.78, 5) is 14.8. The first-order valence-electron chi connectivity index (χ1n) is 4.12. The van der Waals surface area contributed by atoms with Crippen LogP contribution >= 0.6 is 15.9 Å². The molecule has 1 aromatic carbocycles. The molecule has 0 radical (unpaired) electrons. The number of benzene rings is 1. The molecule has 5 heteroatoms. The summed E-state index contributed by atoms with van der Waals surface area (Å²) in [6.07, 6.45) is 3.10. The number of carbonyl (C=O) groups is 1. The van der Waals surface area contributed by atoms with E-state index in [0.29, 0.717) is 15.2 Å². The predicted octanol–water partition coefficient (Wildman–Crippen LogP) is 2.24. The van der Waals surface area contributed by atoms with Crippen LogP contribution in [0.4, 0.5) is 4.39 Å². The Balaban J connectivity index is 2.83. The van der Waals surface area contributed by atoms with Crippen molar-refractivity contribution in [3.05, 3.63) is 40.4 Å². The zero-order valence-electron chi connectivity index (χ0n) is 7.50. The van der Waals surface area contributed by atoms with Gasteiger partial charge in [-0.2, -0.15) is 0 Å². The van der Waals surface area contributed by atoms with Gasteiger partial charge in [-0.15, -0.1) is 0 Å². The third kappa shape index (κ3) is 1.70. The Morgan fingerprint density at radius 2 is 2.13 bits per heavy atom. The molecule has 0 saturated carbocycles. The van der Waals surface area contributed by atoms with E-state index >= 15 is 0 Å². The smallest absolute Gasteiger partial charge is 0.251 e. The molecular weight excluding hydrogens is 263 g/mol. The number of amides is 1. The first kappa shape index (κ1) is 10.0. The van der Waals surface area contributed by atoms with Gasteiger partial charge in [-0.3, -0.25) is 9.78 Å². The molecule has 0 aliphatic rings. The van der Waals surface area contributed by atoms with Crippen LogP contribution in [-0.2, 0) is 0 Å². The standard InChI is InChI=1S/C10H6BrFN2O/c11-8-4-14-3-5-1-9(12)7(10(13)15)2-6(5)8/h1-4H,(H2,13,15). The summed E-state index contributed by atoms with van der Waals surface area (Å²) in [5, 5.41) is 1.33. The number of fused-ring (bicyclic) bond motifs is 1. The monoisotopic (exact) mass is 268 g/mol. The largest absolute Gasteiger partial charge is 0.366 e. The van der Waals surface area contributed by atoms with Crippen molar-refractivity contribution in [3.8, 4) is 0 Å². The molecule has 0 bridgehead atoms. The molecule has 0 spiro atoms. The number of carbonyl (C=O) groups excluding carboxylic acids is 1. The fraction of sp³-hybridized carbons (Fsp3) is 0. The van der Waals surface area contributed by atoms with Crippen LogP contribution in [0.2, 0.25) is 0 Å². The molecule has 0 atom stereocenters. The van der Waals surface area contributed by atoms with Crippen molar-refractivity contribution in [2.45, 2.75) is 0 Å². The number of aromatic nitrogens is 1. The Labute approximate surface area is 93.2 Å². The Morgan fingerprint density at radius 3 is 2.80 bits per heavy atom. The highest BCUT2D eigenvalue weighted by atomic mass is 79.9. The zero-order chi connectivity index (χ0) is 11.0. The van der Waals surface area contributed by atoms with E-state index in [2.05, 4.69) is 20.9 Å². The lowest BCUT2D eigenvalue weighted by Crippen LogP contribution is -2.13. The van der Waals surface area contributed by atoms with Gasteiger partial charge in [-0.1, -0.05) is 0 Å². The molecule has 3 nitrogen and oxygen atoms in total. The third-order valence-electron chi connectivity index (χ3n) is 2.06. The number of hydrogen-bond donors (Lipinski definition) is 1. The maximum Gasteiger partial charge on any atom is 0.251 e. The predicted molar refractivity (Wildman–Crippen MR) is 57.9 cm³/mol. The van der Waals surface area contributed by atoms with Gasteiger partial charge in [0.15, 0.2) is 0 Å². The van der Waals surface area contributed by atoms with Crippen LogP contribution in [0.3, 0.4) is 0 Å². The maximum atomic E-state index is 13.4. The highest BCUT2D eigenvalue weighted by Gasteiger charge is 2.11. The fourth-order valence-electron chi connectivity index (χ4n) is 1.34. The number of primary amides is 1. The molecule has 1 amide bonds. The average molecular weight is 269 g/mol. The van der Waals surface area contributed by atoms with E-state index in [1.165, 1.54) is 18.3 Å². The molecule has 1 heterocycles. The van der Waals surface area contributed by atoms with Gasteiger partial charge in [0, 0.05) is 22.3 Å². The Morgan fingerprint density at radius 1 is 1.40 bits per heavy atom. The van der Waals surface area contributed by atoms with Crippen molar-refractivity contribution in [3.63, 3.8) is 0 Å². The molecule has 2 rings (SSSR count). The highest BCUT2D eigenvalue weighted by Crippen LogP contribution is 2.25. The number of halogens is 2. The van der Waals surface area contributed by atoms with Gasteiger partial charge in [0.05, 0.1) is 5.56 Å². The van der Waals surface area contributed by atoms with Gasteiger partial charge in [0.2, 0.25) is 0 Å². The van der Waals surface area contributed by atoms with Crippen molar-refractivity contribution in [1.82, 2.24) is 4.98 Å². The summed E-state index contributed by atoms with van der Waals surface area (Å²) >= 11 is 3.27. The molecule has 1 aromatic heterocycles. The van der Waals surface area contributed by atoms with E-state index < -0.39 is 11.7 Å². The van der Waals surface area contributed by atoms with E-state index in [0.717, 1.165) is 0 Å². The van der Waals surface area contributed by atoms with Gasteiger partial charge in [0.25, 0.3) is 5.91 Å². The van der Waals surface area contributed by atoms with Crippen molar-refractivity contribution in [2.24, 2.45) is 5.73 Å². The molecule has 0 saturated heterocycles. The van der Waals surface area contributed by atoms with E-state index in [-0.39, 0.29) is 5.56 Å². The van der Waals surface area contributed by atoms with Crippen molar-refractivity contribution in [1.29, 1.82) is 0 Å². The molecule has 15 heavy (non-hydrogen) atoms. The molecular formula is C10H6BrFN2O. The van der Waals surface area contributed by atoms with Gasteiger partial charge < -0.3 is 5.73 Å². The normalized spacial score (nSPS) is 10.5. The number of pyridine rings is 1. The highest BCUT2D eigenvalue weighted by molar-refractivity contribution is 9.10. The molecule has 0 aliphatic heterocycles. The minimum atomic E-state index is -0.780. The molecule has 0 aliphatic carbocycles. The van der Waals surface area contributed by atoms with Crippen LogP contribution in [0, 0.1) is 5.82 Å². The first-order valence-corrected chi connectivity index (χ1v) is 4.91. The summed E-state index contributed by atoms with van der Waals surface area (Å²) in [7, 11) is 0. The van der Waals surface area contributed by atoms with Crippen LogP contribution in [-0.4, -0.2) is 10.9 Å². The maximum absolute atomic E-state index is 13.4. The Hall–Kier alpha value is -1.49. The van der Waals surface area contributed by atoms with E-state index in [9.17, 15) is 9.18 Å². The zero-order valence-corrected chi connectivity index (χ0v) is 9.08. The molecule has 2 N–H and O–H groups in total. The van der Waals surface area contributed by atoms with E-state index in [1.807, 2.05) is 0 Å². The lowest BCUT2D eigenvalue weighted by atomic mass is 10.1. The molecule has 0 fully saturated rings. The number of nitrogens with two attached hydrogens (primary N) is 1. The topological polar surface area (TPSA) is 56.0 Å². The average Bonchev–Trinajstić information content (AvgIpc) is 2.16. The Bertz CT molecular complexity index is 556. The summed E-state index contributed by atoms with van der Waals surface area (Å²) in [6, 6.07) is 2.66. The minimum Gasteiger partial charge on any atom is -0.366 e. The summed E-state index contributed by atoms with van der Waals surface area (Å²) in [5.74, 6) is -1.41. The lowest BCUT2D eigenvalue weighted by Gasteiger charge is -2.03. The first-order chi connectivity index (χ1) is 7.09. The SMILES string of the molecule is NC(=O)c1cc2c(Br)cncc2cc1F. The lowest BCUT2D eigenvalue weighted by molar-refractivity contribution is 0.0996. The summed E-state index contributed by atoms with van der Waals surface area (Å²) in [5.41, 5.74) is 4.93. The van der Waals surface area contributed by atoms with Gasteiger partial charge in [-0.25, -0.2) is 4.39 Å². The van der Waals surface area contributed by atoms with Crippen molar-refractivity contribution in [2.75, 3.05) is 0 Å². The van der Waals surface area contributed by atoms with Crippen molar-refractivity contribution < 1.29 is 9.18 Å². The quantitative estimate of drug-likeness (QED) is 0.863. The fourth-order valence-corrected chi connectivity index (χ4v) is 1.81.